The summed E-state index contributed by atoms with van der Waals surface area (Å²) in [7, 11) is 0. The number of benzene rings is 3. The third kappa shape index (κ3) is 3.77. The second kappa shape index (κ2) is 8.82. The van der Waals surface area contributed by atoms with Crippen LogP contribution in [0.3, 0.4) is 0 Å². The van der Waals surface area contributed by atoms with Crippen molar-refractivity contribution in [3.05, 3.63) is 88.0 Å². The Morgan fingerprint density at radius 2 is 1.35 bits per heavy atom. The minimum atomic E-state index is -0.455. The highest BCUT2D eigenvalue weighted by Crippen LogP contribution is 2.40. The molecule has 1 aliphatic carbocycles. The third-order valence-corrected chi connectivity index (χ3v) is 5.69. The first kappa shape index (κ1) is 22.4. The van der Waals surface area contributed by atoms with Gasteiger partial charge in [0, 0.05) is 41.9 Å². The lowest BCUT2D eigenvalue weighted by Crippen LogP contribution is -2.22. The van der Waals surface area contributed by atoms with Gasteiger partial charge in [-0.15, -0.1) is 12.4 Å². The van der Waals surface area contributed by atoms with Crippen molar-refractivity contribution in [2.75, 3.05) is 18.0 Å². The Morgan fingerprint density at radius 3 is 1.90 bits per heavy atom. The number of ketones is 2. The molecule has 1 aliphatic rings. The molecule has 0 heterocycles. The molecule has 0 bridgehead atoms. The number of nitrogens with zero attached hydrogens (tertiary/aromatic N) is 1. The highest BCUT2D eigenvalue weighted by atomic mass is 35.5. The van der Waals surface area contributed by atoms with Crippen LogP contribution < -0.4 is 4.90 Å². The average Bonchev–Trinajstić information content (AvgIpc) is 2.76. The molecule has 0 saturated carbocycles. The van der Waals surface area contributed by atoms with Gasteiger partial charge >= 0.3 is 0 Å². The van der Waals surface area contributed by atoms with Crippen molar-refractivity contribution in [3.8, 4) is 11.5 Å². The van der Waals surface area contributed by atoms with Crippen LogP contribution in [0.4, 0.5) is 5.69 Å². The summed E-state index contributed by atoms with van der Waals surface area (Å²) in [6.07, 6.45) is 0.328. The van der Waals surface area contributed by atoms with Gasteiger partial charge in [-0.05, 0) is 37.6 Å². The number of carbonyl (C=O) groups is 2. The number of phenols is 2. The predicted octanol–water partition coefficient (Wildman–Crippen LogP) is 4.73. The van der Waals surface area contributed by atoms with Gasteiger partial charge in [0.15, 0.2) is 11.6 Å². The van der Waals surface area contributed by atoms with Crippen LogP contribution in [0, 0.1) is 0 Å². The van der Waals surface area contributed by atoms with Crippen molar-refractivity contribution in [1.82, 2.24) is 0 Å². The fourth-order valence-electron chi connectivity index (χ4n) is 4.08. The number of carbonyl (C=O) groups excluding carboxylic acids is 2. The molecule has 6 heteroatoms. The molecule has 0 radical (unpaired) electrons. The van der Waals surface area contributed by atoms with Crippen LogP contribution in [0.2, 0.25) is 0 Å². The Hall–Kier alpha value is -3.31. The molecule has 31 heavy (non-hydrogen) atoms. The summed E-state index contributed by atoms with van der Waals surface area (Å²) < 4.78 is 0. The van der Waals surface area contributed by atoms with Crippen LogP contribution in [0.25, 0.3) is 0 Å². The fourth-order valence-corrected chi connectivity index (χ4v) is 4.08. The van der Waals surface area contributed by atoms with E-state index in [1.807, 2.05) is 24.3 Å². The standard InChI is InChI=1S/C25H23NO4.ClH/c1-3-26(4-2)17-11-9-15(10-12-17)13-16-14-20(27)21-22(23(16)28)25(30)19-8-6-5-7-18(19)24(21)29;/h5-12,14,27-28H,3-4,13H2,1-2H3;1H. The van der Waals surface area contributed by atoms with E-state index in [-0.39, 0.29) is 46.2 Å². The lowest BCUT2D eigenvalue weighted by Gasteiger charge is -2.22. The number of fused-ring (bicyclic) bond motifs is 2. The number of aromatic hydroxyl groups is 2. The molecule has 0 amide bonds. The van der Waals surface area contributed by atoms with E-state index in [0.29, 0.717) is 12.0 Å². The van der Waals surface area contributed by atoms with Gasteiger partial charge in [0.05, 0.1) is 11.1 Å². The van der Waals surface area contributed by atoms with E-state index in [4.69, 9.17) is 0 Å². The van der Waals surface area contributed by atoms with E-state index >= 15 is 0 Å². The normalized spacial score (nSPS) is 12.1. The van der Waals surface area contributed by atoms with Crippen LogP contribution in [-0.4, -0.2) is 34.9 Å². The molecular formula is C25H24ClNO4. The Morgan fingerprint density at radius 1 is 0.806 bits per heavy atom. The van der Waals surface area contributed by atoms with Gasteiger partial charge in [-0.1, -0.05) is 36.4 Å². The van der Waals surface area contributed by atoms with Gasteiger partial charge in [0.25, 0.3) is 0 Å². The fraction of sp³-hybridized carbons (Fsp3) is 0.200. The molecule has 3 aromatic rings. The SMILES string of the molecule is CCN(CC)c1ccc(Cc2cc(O)c3c(c2O)C(=O)c2ccccc2C3=O)cc1.Cl. The number of rotatable bonds is 5. The van der Waals surface area contributed by atoms with Gasteiger partial charge in [0.2, 0.25) is 0 Å². The zero-order valence-corrected chi connectivity index (χ0v) is 18.2. The minimum Gasteiger partial charge on any atom is -0.507 e. The Balaban J connectivity index is 0.00000272. The number of halogens is 1. The Labute approximate surface area is 187 Å². The van der Waals surface area contributed by atoms with Crippen molar-refractivity contribution in [2.24, 2.45) is 0 Å². The van der Waals surface area contributed by atoms with Crippen LogP contribution in [0.1, 0.15) is 56.8 Å². The van der Waals surface area contributed by atoms with E-state index in [9.17, 15) is 19.8 Å². The van der Waals surface area contributed by atoms with Crippen LogP contribution >= 0.6 is 12.4 Å². The van der Waals surface area contributed by atoms with Gasteiger partial charge in [-0.3, -0.25) is 9.59 Å². The molecule has 3 aromatic carbocycles. The molecule has 0 atom stereocenters. The lowest BCUT2D eigenvalue weighted by molar-refractivity contribution is 0.0974. The number of anilines is 1. The molecule has 4 rings (SSSR count). The summed E-state index contributed by atoms with van der Waals surface area (Å²) in [6.45, 7) is 6.02. The van der Waals surface area contributed by atoms with Crippen molar-refractivity contribution >= 4 is 29.7 Å². The van der Waals surface area contributed by atoms with Crippen LogP contribution in [-0.2, 0) is 6.42 Å². The summed E-state index contributed by atoms with van der Waals surface area (Å²) >= 11 is 0. The monoisotopic (exact) mass is 437 g/mol. The molecule has 5 nitrogen and oxygen atoms in total. The zero-order valence-electron chi connectivity index (χ0n) is 17.4. The zero-order chi connectivity index (χ0) is 21.4. The van der Waals surface area contributed by atoms with Gasteiger partial charge in [0.1, 0.15) is 11.5 Å². The maximum Gasteiger partial charge on any atom is 0.198 e. The largest absolute Gasteiger partial charge is 0.507 e. The molecule has 2 N–H and O–H groups in total. The quantitative estimate of drug-likeness (QED) is 0.441. The minimum absolute atomic E-state index is 0. The Kier molecular flexibility index (Phi) is 6.37. The van der Waals surface area contributed by atoms with Gasteiger partial charge in [-0.2, -0.15) is 0 Å². The van der Waals surface area contributed by atoms with E-state index in [1.165, 1.54) is 6.07 Å². The lowest BCUT2D eigenvalue weighted by atomic mass is 9.81. The summed E-state index contributed by atoms with van der Waals surface area (Å²) in [4.78, 5) is 28.0. The van der Waals surface area contributed by atoms with Crippen molar-refractivity contribution in [2.45, 2.75) is 20.3 Å². The third-order valence-electron chi connectivity index (χ3n) is 5.69. The van der Waals surface area contributed by atoms with Crippen LogP contribution in [0.5, 0.6) is 11.5 Å². The molecule has 0 unspecified atom stereocenters. The molecular weight excluding hydrogens is 414 g/mol. The van der Waals surface area contributed by atoms with Crippen molar-refractivity contribution < 1.29 is 19.8 Å². The second-order valence-corrected chi connectivity index (χ2v) is 7.37. The maximum atomic E-state index is 13.0. The molecule has 0 spiro atoms. The van der Waals surface area contributed by atoms with Crippen LogP contribution in [0.15, 0.2) is 54.6 Å². The van der Waals surface area contributed by atoms with Gasteiger partial charge in [-0.25, -0.2) is 0 Å². The highest BCUT2D eigenvalue weighted by molar-refractivity contribution is 6.30. The Bertz CT molecular complexity index is 1150. The number of phenolic OH excluding ortho intramolecular Hbond substituents is 2. The first-order chi connectivity index (χ1) is 14.5. The van der Waals surface area contributed by atoms with E-state index in [1.54, 1.807) is 24.3 Å². The topological polar surface area (TPSA) is 77.8 Å². The molecule has 160 valence electrons. The molecule has 0 aliphatic heterocycles. The van der Waals surface area contributed by atoms with Gasteiger partial charge < -0.3 is 15.1 Å². The van der Waals surface area contributed by atoms with Crippen molar-refractivity contribution in [3.63, 3.8) is 0 Å². The van der Waals surface area contributed by atoms with Crippen molar-refractivity contribution in [1.29, 1.82) is 0 Å². The summed E-state index contributed by atoms with van der Waals surface area (Å²) in [5, 5.41) is 21.4. The second-order valence-electron chi connectivity index (χ2n) is 7.37. The molecule has 0 aromatic heterocycles. The predicted molar refractivity (Wildman–Crippen MR) is 123 cm³/mol. The average molecular weight is 438 g/mol. The van der Waals surface area contributed by atoms with E-state index in [2.05, 4.69) is 18.7 Å². The first-order valence-electron chi connectivity index (χ1n) is 10.1. The highest BCUT2D eigenvalue weighted by Gasteiger charge is 2.35. The molecule has 0 saturated heterocycles. The maximum absolute atomic E-state index is 13.0. The number of hydrogen-bond acceptors (Lipinski definition) is 5. The summed E-state index contributed by atoms with van der Waals surface area (Å²) in [5.41, 5.74) is 2.68. The van der Waals surface area contributed by atoms with E-state index in [0.717, 1.165) is 24.3 Å². The summed E-state index contributed by atoms with van der Waals surface area (Å²) in [5.74, 6) is -1.44. The summed E-state index contributed by atoms with van der Waals surface area (Å²) in [6, 6.07) is 15.8. The van der Waals surface area contributed by atoms with E-state index < -0.39 is 11.6 Å². The first-order valence-corrected chi connectivity index (χ1v) is 10.1. The smallest absolute Gasteiger partial charge is 0.198 e. The number of hydrogen-bond donors (Lipinski definition) is 2. The molecule has 0 fully saturated rings.